The molecule has 6 nitrogen and oxygen atoms in total. The molecule has 4 aliphatic carbocycles. The molecule has 0 aromatic heterocycles. The van der Waals surface area contributed by atoms with Gasteiger partial charge in [-0.15, -0.1) is 0 Å². The van der Waals surface area contributed by atoms with E-state index < -0.39 is 0 Å². The molecule has 164 valence electrons. The molecule has 0 amide bonds. The first-order valence-corrected chi connectivity index (χ1v) is 11.4. The summed E-state index contributed by atoms with van der Waals surface area (Å²) >= 11 is 0. The summed E-state index contributed by atoms with van der Waals surface area (Å²) in [5.41, 5.74) is 2.16. The molecule has 6 heteroatoms. The van der Waals surface area contributed by atoms with Crippen molar-refractivity contribution in [3.8, 4) is 0 Å². The molecule has 4 fully saturated rings. The Balaban J connectivity index is 1.27. The van der Waals surface area contributed by atoms with Crippen LogP contribution in [0.5, 0.6) is 0 Å². The Morgan fingerprint density at radius 3 is 1.45 bits per heavy atom. The zero-order valence-electron chi connectivity index (χ0n) is 19.0. The highest BCUT2D eigenvalue weighted by atomic mass is 16.4. The van der Waals surface area contributed by atoms with Gasteiger partial charge in [0.1, 0.15) is 0 Å². The van der Waals surface area contributed by atoms with Crippen molar-refractivity contribution < 1.29 is 10.4 Å². The monoisotopic (exact) mass is 404 g/mol. The lowest BCUT2D eigenvalue weighted by Gasteiger charge is -2.36. The second-order valence-electron chi connectivity index (χ2n) is 11.8. The van der Waals surface area contributed by atoms with Gasteiger partial charge in [0.15, 0.2) is 0 Å². The number of oxime groups is 2. The number of rotatable bonds is 6. The maximum Gasteiger partial charge on any atom is 0.0771 e. The Labute approximate surface area is 175 Å². The van der Waals surface area contributed by atoms with Crippen LogP contribution in [0.25, 0.3) is 0 Å². The fourth-order valence-electron chi connectivity index (χ4n) is 6.79. The summed E-state index contributed by atoms with van der Waals surface area (Å²) in [5, 5.41) is 33.8. The third-order valence-corrected chi connectivity index (χ3v) is 9.56. The van der Waals surface area contributed by atoms with Crippen LogP contribution in [0.4, 0.5) is 0 Å². The molecule has 4 rings (SSSR count). The molecule has 0 aromatic carbocycles. The summed E-state index contributed by atoms with van der Waals surface area (Å²) in [4.78, 5) is 0. The lowest BCUT2D eigenvalue weighted by molar-refractivity contribution is 0.288. The standard InChI is InChI=1S/C23H40N4O2/c1-20(2)14-10-18(26-28)22(5,12-16(14)20)24-8-7-9-25-23(6)13-17-15(21(17,3)4)11-19(23)27-29/h14-17,24-25,28-29H,7-13H2,1-6H3/b26-18+,27-19+/t14-,15-,16+,17+,22+,23+/m1/s1. The largest absolute Gasteiger partial charge is 0.411 e. The first-order chi connectivity index (χ1) is 13.5. The predicted molar refractivity (Wildman–Crippen MR) is 116 cm³/mol. The molecule has 0 aromatic rings. The van der Waals surface area contributed by atoms with Crippen molar-refractivity contribution in [2.24, 2.45) is 44.8 Å². The Bertz CT molecular complexity index is 670. The number of hydrogen-bond donors (Lipinski definition) is 4. The van der Waals surface area contributed by atoms with Gasteiger partial charge in [-0.25, -0.2) is 0 Å². The van der Waals surface area contributed by atoms with E-state index >= 15 is 0 Å². The minimum Gasteiger partial charge on any atom is -0.411 e. The molecule has 0 saturated heterocycles. The van der Waals surface area contributed by atoms with E-state index in [9.17, 15) is 10.4 Å². The summed E-state index contributed by atoms with van der Waals surface area (Å²) in [5.74, 6) is 2.79. The van der Waals surface area contributed by atoms with Gasteiger partial charge in [-0.3, -0.25) is 0 Å². The highest BCUT2D eigenvalue weighted by molar-refractivity contribution is 5.95. The number of nitrogens with one attached hydrogen (secondary N) is 2. The lowest BCUT2D eigenvalue weighted by Crippen LogP contribution is -2.54. The van der Waals surface area contributed by atoms with Crippen LogP contribution in [0.2, 0.25) is 0 Å². The van der Waals surface area contributed by atoms with Crippen LogP contribution >= 0.6 is 0 Å². The molecular formula is C23H40N4O2. The van der Waals surface area contributed by atoms with Crippen molar-refractivity contribution in [2.45, 2.75) is 84.7 Å². The molecule has 6 atom stereocenters. The summed E-state index contributed by atoms with van der Waals surface area (Å²) < 4.78 is 0. The van der Waals surface area contributed by atoms with Crippen LogP contribution in [-0.4, -0.2) is 46.0 Å². The second kappa shape index (κ2) is 6.68. The SMILES string of the molecule is CC1(C)[C@@H]2C/C(=N\O)[C@@](C)(NCCCN[C@@]3(C)C[C@H]4[C@@H](C/C3=N\O)C4(C)C)C[C@@H]21. The number of fused-ring (bicyclic) bond motifs is 2. The lowest BCUT2D eigenvalue weighted by atomic mass is 9.81. The third-order valence-electron chi connectivity index (χ3n) is 9.56. The van der Waals surface area contributed by atoms with Gasteiger partial charge < -0.3 is 21.0 Å². The van der Waals surface area contributed by atoms with Crippen molar-refractivity contribution in [1.29, 1.82) is 0 Å². The molecule has 0 aliphatic heterocycles. The van der Waals surface area contributed by atoms with E-state index in [0.717, 1.165) is 68.5 Å². The van der Waals surface area contributed by atoms with Crippen LogP contribution in [0, 0.1) is 34.5 Å². The van der Waals surface area contributed by atoms with Crippen molar-refractivity contribution in [2.75, 3.05) is 13.1 Å². The molecule has 0 radical (unpaired) electrons. The molecule has 0 unspecified atom stereocenters. The molecule has 4 saturated carbocycles. The summed E-state index contributed by atoms with van der Waals surface area (Å²) in [6.45, 7) is 15.5. The van der Waals surface area contributed by atoms with E-state index in [0.29, 0.717) is 22.7 Å². The van der Waals surface area contributed by atoms with E-state index in [1.54, 1.807) is 0 Å². The average molecular weight is 405 g/mol. The van der Waals surface area contributed by atoms with E-state index in [-0.39, 0.29) is 11.1 Å². The molecular weight excluding hydrogens is 364 g/mol. The summed E-state index contributed by atoms with van der Waals surface area (Å²) in [6.07, 6.45) is 4.90. The van der Waals surface area contributed by atoms with Gasteiger partial charge >= 0.3 is 0 Å². The van der Waals surface area contributed by atoms with Gasteiger partial charge in [0, 0.05) is 0 Å². The smallest absolute Gasteiger partial charge is 0.0771 e. The molecule has 0 bridgehead atoms. The highest BCUT2D eigenvalue weighted by Crippen LogP contribution is 2.66. The van der Waals surface area contributed by atoms with Crippen LogP contribution in [0.1, 0.15) is 73.6 Å². The average Bonchev–Trinajstić information content (AvgIpc) is 3.39. The Morgan fingerprint density at radius 1 is 0.724 bits per heavy atom. The van der Waals surface area contributed by atoms with Crippen LogP contribution < -0.4 is 10.6 Å². The fourth-order valence-corrected chi connectivity index (χ4v) is 6.79. The van der Waals surface area contributed by atoms with Gasteiger partial charge in [-0.1, -0.05) is 38.0 Å². The first kappa shape index (κ1) is 21.1. The van der Waals surface area contributed by atoms with Crippen molar-refractivity contribution >= 4 is 11.4 Å². The van der Waals surface area contributed by atoms with Crippen molar-refractivity contribution in [3.63, 3.8) is 0 Å². The number of hydrogen-bond acceptors (Lipinski definition) is 6. The molecule has 4 N–H and O–H groups in total. The Kier molecular flexibility index (Phi) is 4.86. The van der Waals surface area contributed by atoms with Crippen molar-refractivity contribution in [1.82, 2.24) is 10.6 Å². The van der Waals surface area contributed by atoms with E-state index in [4.69, 9.17) is 0 Å². The van der Waals surface area contributed by atoms with Crippen LogP contribution in [0.3, 0.4) is 0 Å². The van der Waals surface area contributed by atoms with E-state index in [1.807, 2.05) is 0 Å². The minimum atomic E-state index is -0.207. The van der Waals surface area contributed by atoms with Gasteiger partial charge in [-0.05, 0) is 93.5 Å². The van der Waals surface area contributed by atoms with Gasteiger partial charge in [0.2, 0.25) is 0 Å². The fraction of sp³-hybridized carbons (Fsp3) is 0.913. The van der Waals surface area contributed by atoms with Crippen molar-refractivity contribution in [3.05, 3.63) is 0 Å². The summed E-state index contributed by atoms with van der Waals surface area (Å²) in [7, 11) is 0. The predicted octanol–water partition coefficient (Wildman–Crippen LogP) is 3.87. The van der Waals surface area contributed by atoms with Gasteiger partial charge in [-0.2, -0.15) is 0 Å². The summed E-state index contributed by atoms with van der Waals surface area (Å²) in [6, 6.07) is 0. The highest BCUT2D eigenvalue weighted by Gasteiger charge is 2.64. The van der Waals surface area contributed by atoms with E-state index in [2.05, 4.69) is 62.5 Å². The first-order valence-electron chi connectivity index (χ1n) is 11.4. The normalized spacial score (nSPS) is 47.0. The maximum absolute atomic E-state index is 9.57. The molecule has 4 aliphatic rings. The maximum atomic E-state index is 9.57. The second-order valence-corrected chi connectivity index (χ2v) is 11.8. The molecule has 29 heavy (non-hydrogen) atoms. The molecule has 0 spiro atoms. The topological polar surface area (TPSA) is 89.2 Å². The zero-order chi connectivity index (χ0) is 21.2. The van der Waals surface area contributed by atoms with Crippen LogP contribution in [0.15, 0.2) is 10.3 Å². The number of nitrogens with zero attached hydrogens (tertiary/aromatic N) is 2. The van der Waals surface area contributed by atoms with E-state index in [1.165, 1.54) is 0 Å². The van der Waals surface area contributed by atoms with Gasteiger partial charge in [0.25, 0.3) is 0 Å². The Morgan fingerprint density at radius 2 is 1.10 bits per heavy atom. The minimum absolute atomic E-state index is 0.207. The van der Waals surface area contributed by atoms with Gasteiger partial charge in [0.05, 0.1) is 22.5 Å². The zero-order valence-corrected chi connectivity index (χ0v) is 19.0. The third kappa shape index (κ3) is 3.31. The Hall–Kier alpha value is -1.14. The molecule has 0 heterocycles. The van der Waals surface area contributed by atoms with Crippen LogP contribution in [-0.2, 0) is 0 Å². The quantitative estimate of drug-likeness (QED) is 0.307.